The molecule has 2 heterocycles. The van der Waals surface area contributed by atoms with Crippen molar-refractivity contribution in [3.8, 4) is 0 Å². The van der Waals surface area contributed by atoms with Crippen LogP contribution in [0.2, 0.25) is 0 Å². The molecule has 6 nitrogen and oxygen atoms in total. The largest absolute Gasteiger partial charge is 0.478 e. The van der Waals surface area contributed by atoms with Crippen molar-refractivity contribution in [2.45, 2.75) is 12.8 Å². The average Bonchev–Trinajstić information content (AvgIpc) is 2.67. The van der Waals surface area contributed by atoms with E-state index in [1.165, 1.54) is 18.3 Å². The maximum absolute atomic E-state index is 12.5. The molecule has 1 amide bonds. The first kappa shape index (κ1) is 16.8. The average molecular weight is 338 g/mol. The molecule has 0 unspecified atom stereocenters. The zero-order valence-corrected chi connectivity index (χ0v) is 13.6. The van der Waals surface area contributed by atoms with Crippen LogP contribution < -0.4 is 0 Å². The van der Waals surface area contributed by atoms with E-state index in [1.807, 2.05) is 18.2 Å². The number of nitrogens with zero attached hydrogens (tertiary/aromatic N) is 2. The Morgan fingerprint density at radius 3 is 2.32 bits per heavy atom. The Morgan fingerprint density at radius 1 is 1.00 bits per heavy atom. The number of ketones is 1. The van der Waals surface area contributed by atoms with Gasteiger partial charge in [-0.05, 0) is 25.0 Å². The fourth-order valence-electron chi connectivity index (χ4n) is 3.03. The van der Waals surface area contributed by atoms with Gasteiger partial charge in [0.1, 0.15) is 5.69 Å². The van der Waals surface area contributed by atoms with Gasteiger partial charge >= 0.3 is 5.97 Å². The molecule has 0 spiro atoms. The van der Waals surface area contributed by atoms with Gasteiger partial charge in [0.25, 0.3) is 5.91 Å². The van der Waals surface area contributed by atoms with Crippen LogP contribution in [-0.2, 0) is 0 Å². The van der Waals surface area contributed by atoms with Crippen LogP contribution in [-0.4, -0.2) is 45.7 Å². The van der Waals surface area contributed by atoms with E-state index in [2.05, 4.69) is 4.98 Å². The second-order valence-corrected chi connectivity index (χ2v) is 6.03. The van der Waals surface area contributed by atoms with E-state index in [-0.39, 0.29) is 28.9 Å². The number of Topliss-reactive ketones (excluding diaryl/α,β-unsaturated/α-hetero) is 1. The van der Waals surface area contributed by atoms with Crippen LogP contribution in [0, 0.1) is 5.92 Å². The van der Waals surface area contributed by atoms with Gasteiger partial charge in [-0.15, -0.1) is 0 Å². The standard InChI is InChI=1S/C19H18N2O4/c22-17(13-4-2-1-3-5-13)14-7-10-21(11-8-14)18(23)16-12-15(19(24)25)6-9-20-16/h1-6,9,12,14H,7-8,10-11H2,(H,24,25). The number of aromatic carboxylic acids is 1. The summed E-state index contributed by atoms with van der Waals surface area (Å²) in [6, 6.07) is 11.8. The van der Waals surface area contributed by atoms with Crippen molar-refractivity contribution in [2.24, 2.45) is 5.92 Å². The lowest BCUT2D eigenvalue weighted by molar-refractivity contribution is 0.0645. The summed E-state index contributed by atoms with van der Waals surface area (Å²) in [6.07, 6.45) is 2.51. The lowest BCUT2D eigenvalue weighted by Crippen LogP contribution is -2.40. The molecular formula is C19H18N2O4. The Bertz CT molecular complexity index is 796. The second-order valence-electron chi connectivity index (χ2n) is 6.03. The molecule has 1 aromatic carbocycles. The van der Waals surface area contributed by atoms with E-state index in [4.69, 9.17) is 5.11 Å². The molecule has 3 rings (SSSR count). The molecule has 128 valence electrons. The third-order valence-corrected chi connectivity index (χ3v) is 4.44. The van der Waals surface area contributed by atoms with Crippen molar-refractivity contribution in [3.05, 3.63) is 65.5 Å². The molecule has 1 N–H and O–H groups in total. The monoisotopic (exact) mass is 338 g/mol. The van der Waals surface area contributed by atoms with Crippen LogP contribution in [0.3, 0.4) is 0 Å². The van der Waals surface area contributed by atoms with Gasteiger partial charge in [0, 0.05) is 30.8 Å². The summed E-state index contributed by atoms with van der Waals surface area (Å²) in [5, 5.41) is 9.02. The topological polar surface area (TPSA) is 87.6 Å². The third kappa shape index (κ3) is 3.74. The molecule has 0 saturated carbocycles. The molecule has 6 heteroatoms. The number of aromatic nitrogens is 1. The number of pyridine rings is 1. The molecule has 1 aliphatic rings. The molecule has 1 aliphatic heterocycles. The van der Waals surface area contributed by atoms with Crippen LogP contribution in [0.1, 0.15) is 44.0 Å². The van der Waals surface area contributed by atoms with Gasteiger partial charge in [-0.2, -0.15) is 0 Å². The highest BCUT2D eigenvalue weighted by Gasteiger charge is 2.29. The summed E-state index contributed by atoms with van der Waals surface area (Å²) >= 11 is 0. The summed E-state index contributed by atoms with van der Waals surface area (Å²) < 4.78 is 0. The van der Waals surface area contributed by atoms with E-state index in [0.717, 1.165) is 0 Å². The number of hydrogen-bond donors (Lipinski definition) is 1. The third-order valence-electron chi connectivity index (χ3n) is 4.44. The van der Waals surface area contributed by atoms with Crippen molar-refractivity contribution in [1.82, 2.24) is 9.88 Å². The lowest BCUT2D eigenvalue weighted by atomic mass is 9.89. The van der Waals surface area contributed by atoms with Gasteiger partial charge in [0.15, 0.2) is 5.78 Å². The van der Waals surface area contributed by atoms with Crippen molar-refractivity contribution >= 4 is 17.7 Å². The molecule has 1 aromatic heterocycles. The predicted molar refractivity (Wildman–Crippen MR) is 90.6 cm³/mol. The van der Waals surface area contributed by atoms with Crippen molar-refractivity contribution in [2.75, 3.05) is 13.1 Å². The van der Waals surface area contributed by atoms with E-state index in [1.54, 1.807) is 17.0 Å². The molecule has 25 heavy (non-hydrogen) atoms. The zero-order chi connectivity index (χ0) is 17.8. The van der Waals surface area contributed by atoms with E-state index < -0.39 is 5.97 Å². The number of likely N-dealkylation sites (tertiary alicyclic amines) is 1. The van der Waals surface area contributed by atoms with Gasteiger partial charge in [-0.3, -0.25) is 14.6 Å². The number of piperidine rings is 1. The van der Waals surface area contributed by atoms with Crippen molar-refractivity contribution in [3.63, 3.8) is 0 Å². The number of rotatable bonds is 4. The summed E-state index contributed by atoms with van der Waals surface area (Å²) in [6.45, 7) is 0.919. The highest BCUT2D eigenvalue weighted by molar-refractivity contribution is 5.98. The van der Waals surface area contributed by atoms with Crippen LogP contribution in [0.5, 0.6) is 0 Å². The zero-order valence-electron chi connectivity index (χ0n) is 13.6. The highest BCUT2D eigenvalue weighted by Crippen LogP contribution is 2.22. The number of amides is 1. The Balaban J connectivity index is 1.64. The van der Waals surface area contributed by atoms with E-state index in [0.29, 0.717) is 31.5 Å². The van der Waals surface area contributed by atoms with Crippen molar-refractivity contribution in [1.29, 1.82) is 0 Å². The van der Waals surface area contributed by atoms with Crippen LogP contribution >= 0.6 is 0 Å². The number of carbonyl (C=O) groups excluding carboxylic acids is 2. The summed E-state index contributed by atoms with van der Waals surface area (Å²) in [4.78, 5) is 41.6. The Morgan fingerprint density at radius 2 is 1.68 bits per heavy atom. The first-order valence-corrected chi connectivity index (χ1v) is 8.14. The lowest BCUT2D eigenvalue weighted by Gasteiger charge is -2.31. The summed E-state index contributed by atoms with van der Waals surface area (Å²) in [7, 11) is 0. The minimum absolute atomic E-state index is 0.0347. The van der Waals surface area contributed by atoms with Gasteiger partial charge in [0.2, 0.25) is 0 Å². The van der Waals surface area contributed by atoms with E-state index in [9.17, 15) is 14.4 Å². The number of carboxylic acids is 1. The van der Waals surface area contributed by atoms with Crippen LogP contribution in [0.4, 0.5) is 0 Å². The molecule has 2 aromatic rings. The smallest absolute Gasteiger partial charge is 0.335 e. The normalized spacial score (nSPS) is 15.0. The molecule has 1 fully saturated rings. The summed E-state index contributed by atoms with van der Waals surface area (Å²) in [5.41, 5.74) is 0.850. The minimum atomic E-state index is -1.09. The fourth-order valence-corrected chi connectivity index (χ4v) is 3.03. The fraction of sp³-hybridized carbons (Fsp3) is 0.263. The maximum Gasteiger partial charge on any atom is 0.335 e. The van der Waals surface area contributed by atoms with Gasteiger partial charge in [0.05, 0.1) is 5.56 Å². The number of benzene rings is 1. The Hall–Kier alpha value is -3.02. The molecular weight excluding hydrogens is 320 g/mol. The van der Waals surface area contributed by atoms with Gasteiger partial charge in [-0.1, -0.05) is 30.3 Å². The van der Waals surface area contributed by atoms with Crippen LogP contribution in [0.25, 0.3) is 0 Å². The quantitative estimate of drug-likeness (QED) is 0.866. The summed E-state index contributed by atoms with van der Waals surface area (Å²) in [5.74, 6) is -1.37. The minimum Gasteiger partial charge on any atom is -0.478 e. The van der Waals surface area contributed by atoms with Gasteiger partial charge < -0.3 is 10.0 Å². The maximum atomic E-state index is 12.5. The van der Waals surface area contributed by atoms with Gasteiger partial charge in [-0.25, -0.2) is 4.79 Å². The Labute approximate surface area is 145 Å². The highest BCUT2D eigenvalue weighted by atomic mass is 16.4. The SMILES string of the molecule is O=C(O)c1ccnc(C(=O)N2CCC(C(=O)c3ccccc3)CC2)c1. The molecule has 0 radical (unpaired) electrons. The number of carboxylic acid groups (broad SMARTS) is 1. The number of carbonyl (C=O) groups is 3. The molecule has 0 atom stereocenters. The van der Waals surface area contributed by atoms with Crippen molar-refractivity contribution < 1.29 is 19.5 Å². The number of hydrogen-bond acceptors (Lipinski definition) is 4. The predicted octanol–water partition coefficient (Wildman–Crippen LogP) is 2.51. The first-order chi connectivity index (χ1) is 12.1. The first-order valence-electron chi connectivity index (χ1n) is 8.14. The van der Waals surface area contributed by atoms with E-state index >= 15 is 0 Å². The molecule has 1 saturated heterocycles. The van der Waals surface area contributed by atoms with Crippen LogP contribution in [0.15, 0.2) is 48.7 Å². The molecule has 0 aliphatic carbocycles. The Kier molecular flexibility index (Phi) is 4.88. The molecule has 0 bridgehead atoms. The second kappa shape index (κ2) is 7.25.